The van der Waals surface area contributed by atoms with Gasteiger partial charge < -0.3 is 9.88 Å². The summed E-state index contributed by atoms with van der Waals surface area (Å²) in [4.78, 5) is 14.8. The van der Waals surface area contributed by atoms with Crippen LogP contribution < -0.4 is 5.32 Å². The molecule has 0 unspecified atom stereocenters. The molecule has 0 spiro atoms. The zero-order valence-electron chi connectivity index (χ0n) is 18.9. The standard InChI is InChI=1S/C22H35N5OS/c1-8-10-11-27-21(18(9-2)26(6)7)24-25-22(27)29-14-19(28)23-20-16(4)12-15(3)13-17(20)5/h12-13,18H,8-11,14H2,1-7H3,(H,23,28)/t18-/m1/s1. The molecule has 0 saturated carbocycles. The summed E-state index contributed by atoms with van der Waals surface area (Å²) in [6, 6.07) is 4.41. The highest BCUT2D eigenvalue weighted by atomic mass is 32.2. The smallest absolute Gasteiger partial charge is 0.234 e. The lowest BCUT2D eigenvalue weighted by atomic mass is 10.1. The van der Waals surface area contributed by atoms with Gasteiger partial charge in [0.05, 0.1) is 11.8 Å². The number of amides is 1. The fourth-order valence-electron chi connectivity index (χ4n) is 3.64. The number of hydrogen-bond acceptors (Lipinski definition) is 5. The van der Waals surface area contributed by atoms with E-state index < -0.39 is 0 Å². The lowest BCUT2D eigenvalue weighted by Crippen LogP contribution is -2.23. The molecule has 29 heavy (non-hydrogen) atoms. The van der Waals surface area contributed by atoms with Crippen molar-refractivity contribution in [3.8, 4) is 0 Å². The Labute approximate surface area is 179 Å². The first-order valence-corrected chi connectivity index (χ1v) is 11.4. The molecular weight excluding hydrogens is 382 g/mol. The van der Waals surface area contributed by atoms with Crippen LogP contribution in [0.3, 0.4) is 0 Å². The molecule has 2 aromatic rings. The average molecular weight is 418 g/mol. The third-order valence-corrected chi connectivity index (χ3v) is 6.03. The monoisotopic (exact) mass is 417 g/mol. The summed E-state index contributed by atoms with van der Waals surface area (Å²) in [5.74, 6) is 1.28. The fraction of sp³-hybridized carbons (Fsp3) is 0.591. The first-order chi connectivity index (χ1) is 13.8. The van der Waals surface area contributed by atoms with Crippen LogP contribution in [0.25, 0.3) is 0 Å². The number of carbonyl (C=O) groups is 1. The highest BCUT2D eigenvalue weighted by Crippen LogP contribution is 2.26. The Morgan fingerprint density at radius 2 is 1.83 bits per heavy atom. The molecule has 6 nitrogen and oxygen atoms in total. The second-order valence-electron chi connectivity index (χ2n) is 7.84. The van der Waals surface area contributed by atoms with Gasteiger partial charge in [-0.3, -0.25) is 9.69 Å². The van der Waals surface area contributed by atoms with Gasteiger partial charge in [0.15, 0.2) is 11.0 Å². The SMILES string of the molecule is CCCCn1c(SCC(=O)Nc2c(C)cc(C)cc2C)nnc1[C@@H](CC)N(C)C. The second kappa shape index (κ2) is 10.8. The molecule has 0 radical (unpaired) electrons. The molecular formula is C22H35N5OS. The van der Waals surface area contributed by atoms with Gasteiger partial charge in [-0.1, -0.05) is 49.7 Å². The number of rotatable bonds is 10. The van der Waals surface area contributed by atoms with E-state index >= 15 is 0 Å². The van der Waals surface area contributed by atoms with Gasteiger partial charge in [-0.25, -0.2) is 0 Å². The van der Waals surface area contributed by atoms with Crippen LogP contribution >= 0.6 is 11.8 Å². The first-order valence-electron chi connectivity index (χ1n) is 10.4. The number of anilines is 1. The van der Waals surface area contributed by atoms with Crippen molar-refractivity contribution < 1.29 is 4.79 Å². The van der Waals surface area contributed by atoms with Gasteiger partial charge in [-0.2, -0.15) is 0 Å². The summed E-state index contributed by atoms with van der Waals surface area (Å²) in [6.07, 6.45) is 3.14. The number of hydrogen-bond donors (Lipinski definition) is 1. The Morgan fingerprint density at radius 3 is 2.38 bits per heavy atom. The van der Waals surface area contributed by atoms with E-state index in [0.29, 0.717) is 5.75 Å². The molecule has 0 bridgehead atoms. The first kappa shape index (κ1) is 23.4. The quantitative estimate of drug-likeness (QED) is 0.565. The summed E-state index contributed by atoms with van der Waals surface area (Å²) in [6.45, 7) is 11.4. The molecule has 1 N–H and O–H groups in total. The summed E-state index contributed by atoms with van der Waals surface area (Å²) in [7, 11) is 4.14. The molecule has 7 heteroatoms. The van der Waals surface area contributed by atoms with Crippen LogP contribution in [0, 0.1) is 20.8 Å². The minimum absolute atomic E-state index is 0.0173. The Hall–Kier alpha value is -1.86. The van der Waals surface area contributed by atoms with E-state index in [9.17, 15) is 4.79 Å². The fourth-order valence-corrected chi connectivity index (χ4v) is 4.41. The number of carbonyl (C=O) groups excluding carboxylic acids is 1. The number of thioether (sulfide) groups is 1. The minimum atomic E-state index is -0.0173. The van der Waals surface area contributed by atoms with Gasteiger partial charge in [-0.05, 0) is 58.8 Å². The third kappa shape index (κ3) is 6.06. The molecule has 1 heterocycles. The van der Waals surface area contributed by atoms with Gasteiger partial charge in [0.1, 0.15) is 0 Å². The second-order valence-corrected chi connectivity index (χ2v) is 8.79. The predicted octanol–water partition coefficient (Wildman–Crippen LogP) is 4.75. The maximum atomic E-state index is 12.6. The van der Waals surface area contributed by atoms with Crippen molar-refractivity contribution in [3.05, 3.63) is 34.6 Å². The maximum Gasteiger partial charge on any atom is 0.234 e. The molecule has 2 rings (SSSR count). The van der Waals surface area contributed by atoms with Crippen LogP contribution in [0.1, 0.15) is 61.7 Å². The van der Waals surface area contributed by atoms with E-state index in [1.54, 1.807) is 0 Å². The van der Waals surface area contributed by atoms with Crippen molar-refractivity contribution in [1.29, 1.82) is 0 Å². The van der Waals surface area contributed by atoms with Crippen molar-refractivity contribution in [3.63, 3.8) is 0 Å². The van der Waals surface area contributed by atoms with Gasteiger partial charge in [0.25, 0.3) is 0 Å². The number of aromatic nitrogens is 3. The van der Waals surface area contributed by atoms with Gasteiger partial charge >= 0.3 is 0 Å². The summed E-state index contributed by atoms with van der Waals surface area (Å²) >= 11 is 1.46. The molecule has 0 fully saturated rings. The summed E-state index contributed by atoms with van der Waals surface area (Å²) in [5, 5.41) is 12.8. The average Bonchev–Trinajstić information content (AvgIpc) is 3.04. The van der Waals surface area contributed by atoms with Crippen LogP contribution in [-0.2, 0) is 11.3 Å². The number of nitrogens with zero attached hydrogens (tertiary/aromatic N) is 4. The van der Waals surface area contributed by atoms with Crippen molar-refractivity contribution >= 4 is 23.4 Å². The lowest BCUT2D eigenvalue weighted by molar-refractivity contribution is -0.113. The maximum absolute atomic E-state index is 12.6. The Balaban J connectivity index is 2.13. The summed E-state index contributed by atoms with van der Waals surface area (Å²) in [5.41, 5.74) is 4.29. The normalized spacial score (nSPS) is 12.4. The van der Waals surface area contributed by atoms with E-state index in [2.05, 4.69) is 72.0 Å². The Morgan fingerprint density at radius 1 is 1.17 bits per heavy atom. The molecule has 1 aromatic carbocycles. The molecule has 1 amide bonds. The Kier molecular flexibility index (Phi) is 8.71. The highest BCUT2D eigenvalue weighted by molar-refractivity contribution is 7.99. The predicted molar refractivity (Wildman–Crippen MR) is 122 cm³/mol. The zero-order valence-corrected chi connectivity index (χ0v) is 19.7. The number of benzene rings is 1. The largest absolute Gasteiger partial charge is 0.325 e. The molecule has 0 saturated heterocycles. The lowest BCUT2D eigenvalue weighted by Gasteiger charge is -2.23. The van der Waals surface area contributed by atoms with Crippen LogP contribution in [0.4, 0.5) is 5.69 Å². The zero-order chi connectivity index (χ0) is 21.6. The molecule has 1 aromatic heterocycles. The summed E-state index contributed by atoms with van der Waals surface area (Å²) < 4.78 is 2.19. The molecule has 0 aliphatic heterocycles. The van der Waals surface area contributed by atoms with E-state index in [4.69, 9.17) is 0 Å². The third-order valence-electron chi connectivity index (χ3n) is 5.06. The molecule has 0 aliphatic rings. The molecule has 1 atom stereocenters. The van der Waals surface area contributed by atoms with E-state index in [1.807, 2.05) is 13.8 Å². The van der Waals surface area contributed by atoms with Crippen LogP contribution in [0.5, 0.6) is 0 Å². The van der Waals surface area contributed by atoms with Gasteiger partial charge in [-0.15, -0.1) is 10.2 Å². The van der Waals surface area contributed by atoms with Crippen molar-refractivity contribution in [1.82, 2.24) is 19.7 Å². The van der Waals surface area contributed by atoms with Crippen LogP contribution in [0.15, 0.2) is 17.3 Å². The minimum Gasteiger partial charge on any atom is -0.325 e. The van der Waals surface area contributed by atoms with Crippen LogP contribution in [-0.4, -0.2) is 45.4 Å². The molecule has 0 aliphatic carbocycles. The van der Waals surface area contributed by atoms with E-state index in [0.717, 1.165) is 53.6 Å². The van der Waals surface area contributed by atoms with Gasteiger partial charge in [0.2, 0.25) is 5.91 Å². The topological polar surface area (TPSA) is 63.1 Å². The highest BCUT2D eigenvalue weighted by Gasteiger charge is 2.22. The number of aryl methyl sites for hydroxylation is 3. The van der Waals surface area contributed by atoms with Gasteiger partial charge in [0, 0.05) is 12.2 Å². The number of unbranched alkanes of at least 4 members (excludes halogenated alkanes) is 1. The van der Waals surface area contributed by atoms with E-state index in [-0.39, 0.29) is 11.9 Å². The van der Waals surface area contributed by atoms with E-state index in [1.165, 1.54) is 17.3 Å². The Bertz CT molecular complexity index is 808. The van der Waals surface area contributed by atoms with Crippen molar-refractivity contribution in [2.75, 3.05) is 25.2 Å². The van der Waals surface area contributed by atoms with Crippen molar-refractivity contribution in [2.24, 2.45) is 0 Å². The molecule has 160 valence electrons. The number of nitrogens with one attached hydrogen (secondary N) is 1. The van der Waals surface area contributed by atoms with Crippen molar-refractivity contribution in [2.45, 2.75) is 71.6 Å². The van der Waals surface area contributed by atoms with Crippen LogP contribution in [0.2, 0.25) is 0 Å².